The van der Waals surface area contributed by atoms with E-state index in [9.17, 15) is 4.79 Å². The van der Waals surface area contributed by atoms with Crippen LogP contribution in [0.25, 0.3) is 0 Å². The molecule has 0 aromatic heterocycles. The Morgan fingerprint density at radius 1 is 1.11 bits per heavy atom. The molecule has 0 spiro atoms. The van der Waals surface area contributed by atoms with Gasteiger partial charge in [-0.25, -0.2) is 0 Å². The van der Waals surface area contributed by atoms with Crippen LogP contribution in [-0.2, 0) is 0 Å². The molecule has 0 fully saturated rings. The number of amides is 1. The molecule has 3 rings (SSSR count). The van der Waals surface area contributed by atoms with Crippen LogP contribution in [0.4, 0.5) is 5.69 Å². The van der Waals surface area contributed by atoms with E-state index < -0.39 is 0 Å². The van der Waals surface area contributed by atoms with Crippen LogP contribution in [0.5, 0.6) is 0 Å². The number of fused-ring (bicyclic) bond motifs is 1. The zero-order chi connectivity index (χ0) is 13.2. The number of rotatable bonds is 1. The molecule has 2 aromatic carbocycles. The molecule has 0 aliphatic carbocycles. The number of para-hydroxylation sites is 1. The summed E-state index contributed by atoms with van der Waals surface area (Å²) < 4.78 is 0. The van der Waals surface area contributed by atoms with Crippen molar-refractivity contribution in [1.82, 2.24) is 0 Å². The predicted octanol–water partition coefficient (Wildman–Crippen LogP) is 3.75. The number of aryl methyl sites for hydroxylation is 1. The van der Waals surface area contributed by atoms with Gasteiger partial charge in [-0.2, -0.15) is 0 Å². The van der Waals surface area contributed by atoms with Crippen molar-refractivity contribution in [2.45, 2.75) is 11.8 Å². The quantitative estimate of drug-likeness (QED) is 0.786. The minimum absolute atomic E-state index is 0.0905. The molecule has 1 amide bonds. The van der Waals surface area contributed by atoms with Crippen LogP contribution >= 0.6 is 11.8 Å². The van der Waals surface area contributed by atoms with Gasteiger partial charge < -0.3 is 4.90 Å². The highest BCUT2D eigenvalue weighted by Crippen LogP contribution is 2.34. The van der Waals surface area contributed by atoms with Crippen molar-refractivity contribution in [1.29, 1.82) is 0 Å². The molecule has 1 aliphatic rings. The fourth-order valence-corrected chi connectivity index (χ4v) is 3.23. The lowest BCUT2D eigenvalue weighted by Gasteiger charge is -2.29. The standard InChI is InChI=1S/C16H15NOS/c1-12-6-8-13(9-7-12)16(18)17-10-11-19-15-5-3-2-4-14(15)17/h2-9H,10-11H2,1H3. The third-order valence-electron chi connectivity index (χ3n) is 3.27. The first-order chi connectivity index (χ1) is 9.25. The van der Waals surface area contributed by atoms with Crippen LogP contribution in [0.15, 0.2) is 53.4 Å². The average Bonchev–Trinajstić information content (AvgIpc) is 2.47. The highest BCUT2D eigenvalue weighted by Gasteiger charge is 2.23. The molecule has 3 heteroatoms. The number of benzene rings is 2. The molecule has 19 heavy (non-hydrogen) atoms. The van der Waals surface area contributed by atoms with E-state index in [1.165, 1.54) is 10.5 Å². The van der Waals surface area contributed by atoms with E-state index in [0.717, 1.165) is 23.5 Å². The summed E-state index contributed by atoms with van der Waals surface area (Å²) in [6, 6.07) is 15.9. The van der Waals surface area contributed by atoms with E-state index in [1.54, 1.807) is 0 Å². The van der Waals surface area contributed by atoms with Crippen molar-refractivity contribution in [3.05, 3.63) is 59.7 Å². The second kappa shape index (κ2) is 5.10. The number of carbonyl (C=O) groups excluding carboxylic acids is 1. The lowest BCUT2D eigenvalue weighted by molar-refractivity contribution is 0.0987. The SMILES string of the molecule is Cc1ccc(C(=O)N2CCSc3ccccc32)cc1. The van der Waals surface area contributed by atoms with Gasteiger partial charge in [0.15, 0.2) is 0 Å². The molecule has 0 N–H and O–H groups in total. The Morgan fingerprint density at radius 2 is 1.84 bits per heavy atom. The Balaban J connectivity index is 1.95. The van der Waals surface area contributed by atoms with E-state index in [2.05, 4.69) is 6.07 Å². The van der Waals surface area contributed by atoms with Gasteiger partial charge in [-0.05, 0) is 31.2 Å². The summed E-state index contributed by atoms with van der Waals surface area (Å²) in [4.78, 5) is 15.7. The lowest BCUT2D eigenvalue weighted by Crippen LogP contribution is -2.35. The number of carbonyl (C=O) groups is 1. The molecule has 0 unspecified atom stereocenters. The average molecular weight is 269 g/mol. The molecule has 2 nitrogen and oxygen atoms in total. The molecule has 0 saturated carbocycles. The van der Waals surface area contributed by atoms with Gasteiger partial charge >= 0.3 is 0 Å². The number of hydrogen-bond acceptors (Lipinski definition) is 2. The maximum atomic E-state index is 12.6. The normalized spacial score (nSPS) is 14.1. The van der Waals surface area contributed by atoms with E-state index in [4.69, 9.17) is 0 Å². The summed E-state index contributed by atoms with van der Waals surface area (Å²) in [6.07, 6.45) is 0. The Hall–Kier alpha value is -1.74. The Morgan fingerprint density at radius 3 is 2.63 bits per heavy atom. The molecule has 1 heterocycles. The lowest BCUT2D eigenvalue weighted by atomic mass is 10.1. The first-order valence-corrected chi connectivity index (χ1v) is 7.34. The van der Waals surface area contributed by atoms with E-state index >= 15 is 0 Å². The summed E-state index contributed by atoms with van der Waals surface area (Å²) in [5.74, 6) is 1.04. The van der Waals surface area contributed by atoms with E-state index in [-0.39, 0.29) is 5.91 Å². The fourth-order valence-electron chi connectivity index (χ4n) is 2.23. The van der Waals surface area contributed by atoms with Crippen LogP contribution in [0, 0.1) is 6.92 Å². The van der Waals surface area contributed by atoms with E-state index in [1.807, 2.05) is 66.1 Å². The van der Waals surface area contributed by atoms with Crippen molar-refractivity contribution in [2.75, 3.05) is 17.2 Å². The van der Waals surface area contributed by atoms with Crippen molar-refractivity contribution >= 4 is 23.4 Å². The van der Waals surface area contributed by atoms with Crippen LogP contribution in [0.2, 0.25) is 0 Å². The van der Waals surface area contributed by atoms with Crippen LogP contribution < -0.4 is 4.90 Å². The monoisotopic (exact) mass is 269 g/mol. The first-order valence-electron chi connectivity index (χ1n) is 6.36. The molecule has 1 aliphatic heterocycles. The van der Waals surface area contributed by atoms with E-state index in [0.29, 0.717) is 0 Å². The van der Waals surface area contributed by atoms with Crippen molar-refractivity contribution < 1.29 is 4.79 Å². The van der Waals surface area contributed by atoms with Crippen molar-refractivity contribution in [2.24, 2.45) is 0 Å². The fraction of sp³-hybridized carbons (Fsp3) is 0.188. The zero-order valence-corrected chi connectivity index (χ0v) is 11.6. The third kappa shape index (κ3) is 2.38. The second-order valence-electron chi connectivity index (χ2n) is 4.64. The topological polar surface area (TPSA) is 20.3 Å². The third-order valence-corrected chi connectivity index (χ3v) is 4.32. The van der Waals surface area contributed by atoms with Gasteiger partial charge in [0.25, 0.3) is 5.91 Å². The molecule has 96 valence electrons. The number of nitrogens with zero attached hydrogens (tertiary/aromatic N) is 1. The Labute approximate surface area is 117 Å². The van der Waals surface area contributed by atoms with Gasteiger partial charge in [-0.1, -0.05) is 29.8 Å². The minimum atomic E-state index is 0.0905. The summed E-state index contributed by atoms with van der Waals surface area (Å²) in [5.41, 5.74) is 2.96. The summed E-state index contributed by atoms with van der Waals surface area (Å²) in [6.45, 7) is 2.80. The van der Waals surface area contributed by atoms with Crippen LogP contribution in [0.1, 0.15) is 15.9 Å². The van der Waals surface area contributed by atoms with Crippen LogP contribution in [-0.4, -0.2) is 18.2 Å². The molecule has 0 bridgehead atoms. The number of thioether (sulfide) groups is 1. The second-order valence-corrected chi connectivity index (χ2v) is 5.78. The predicted molar refractivity (Wildman–Crippen MR) is 80.0 cm³/mol. The molecular formula is C16H15NOS. The van der Waals surface area contributed by atoms with Crippen molar-refractivity contribution in [3.63, 3.8) is 0 Å². The first kappa shape index (κ1) is 12.3. The molecule has 0 atom stereocenters. The van der Waals surface area contributed by atoms with Gasteiger partial charge in [0.05, 0.1) is 5.69 Å². The largest absolute Gasteiger partial charge is 0.306 e. The van der Waals surface area contributed by atoms with Crippen molar-refractivity contribution in [3.8, 4) is 0 Å². The zero-order valence-electron chi connectivity index (χ0n) is 10.8. The maximum Gasteiger partial charge on any atom is 0.258 e. The highest BCUT2D eigenvalue weighted by molar-refractivity contribution is 7.99. The molecule has 2 aromatic rings. The van der Waals surface area contributed by atoms with Gasteiger partial charge in [0, 0.05) is 22.8 Å². The Kier molecular flexibility index (Phi) is 3.30. The summed E-state index contributed by atoms with van der Waals surface area (Å²) >= 11 is 1.81. The van der Waals surface area contributed by atoms with Gasteiger partial charge in [-0.15, -0.1) is 11.8 Å². The van der Waals surface area contributed by atoms with Crippen LogP contribution in [0.3, 0.4) is 0 Å². The summed E-state index contributed by atoms with van der Waals surface area (Å²) in [7, 11) is 0. The summed E-state index contributed by atoms with van der Waals surface area (Å²) in [5, 5.41) is 0. The highest BCUT2D eigenvalue weighted by atomic mass is 32.2. The number of anilines is 1. The number of hydrogen-bond donors (Lipinski definition) is 0. The Bertz CT molecular complexity index is 606. The molecule has 0 radical (unpaired) electrons. The van der Waals surface area contributed by atoms with Gasteiger partial charge in [-0.3, -0.25) is 4.79 Å². The minimum Gasteiger partial charge on any atom is -0.306 e. The molecular weight excluding hydrogens is 254 g/mol. The van der Waals surface area contributed by atoms with Gasteiger partial charge in [0.2, 0.25) is 0 Å². The maximum absolute atomic E-state index is 12.6. The van der Waals surface area contributed by atoms with Gasteiger partial charge in [0.1, 0.15) is 0 Å². The molecule has 0 saturated heterocycles. The smallest absolute Gasteiger partial charge is 0.258 e.